The van der Waals surface area contributed by atoms with E-state index in [0.717, 1.165) is 23.3 Å². The number of nitrogens with zero attached hydrogens (tertiary/aromatic N) is 1. The summed E-state index contributed by atoms with van der Waals surface area (Å²) >= 11 is 0. The SMILES string of the molecule is Cc1cccc(CN(C)C(=O)c2cc(F)c(F)cc2N)c1. The molecule has 0 spiro atoms. The Morgan fingerprint density at radius 1 is 1.19 bits per heavy atom. The first-order valence-corrected chi connectivity index (χ1v) is 6.44. The molecular weight excluding hydrogens is 274 g/mol. The van der Waals surface area contributed by atoms with Crippen molar-refractivity contribution in [2.24, 2.45) is 0 Å². The molecule has 21 heavy (non-hydrogen) atoms. The molecule has 3 nitrogen and oxygen atoms in total. The monoisotopic (exact) mass is 290 g/mol. The molecule has 0 atom stereocenters. The fourth-order valence-corrected chi connectivity index (χ4v) is 2.11. The van der Waals surface area contributed by atoms with Gasteiger partial charge >= 0.3 is 0 Å². The van der Waals surface area contributed by atoms with Gasteiger partial charge in [0.1, 0.15) is 0 Å². The minimum Gasteiger partial charge on any atom is -0.398 e. The molecule has 2 N–H and O–H groups in total. The molecule has 0 aliphatic rings. The van der Waals surface area contributed by atoms with Gasteiger partial charge in [-0.2, -0.15) is 0 Å². The summed E-state index contributed by atoms with van der Waals surface area (Å²) in [5.74, 6) is -2.60. The second kappa shape index (κ2) is 5.91. The quantitative estimate of drug-likeness (QED) is 0.883. The third kappa shape index (κ3) is 3.37. The second-order valence-corrected chi connectivity index (χ2v) is 5.00. The molecule has 2 aromatic rings. The molecular formula is C16H16F2N2O. The van der Waals surface area contributed by atoms with Crippen LogP contribution in [-0.2, 0) is 6.54 Å². The van der Waals surface area contributed by atoms with Crippen LogP contribution in [0, 0.1) is 18.6 Å². The zero-order valence-corrected chi connectivity index (χ0v) is 11.9. The lowest BCUT2D eigenvalue weighted by Gasteiger charge is -2.18. The number of aryl methyl sites for hydroxylation is 1. The smallest absolute Gasteiger partial charge is 0.256 e. The van der Waals surface area contributed by atoms with Crippen LogP contribution in [0.25, 0.3) is 0 Å². The van der Waals surface area contributed by atoms with Gasteiger partial charge in [0.2, 0.25) is 0 Å². The van der Waals surface area contributed by atoms with Crippen LogP contribution in [0.5, 0.6) is 0 Å². The molecule has 0 saturated carbocycles. The van der Waals surface area contributed by atoms with Gasteiger partial charge in [-0.25, -0.2) is 8.78 Å². The van der Waals surface area contributed by atoms with Crippen LogP contribution in [0.2, 0.25) is 0 Å². The third-order valence-electron chi connectivity index (χ3n) is 3.17. The molecule has 5 heteroatoms. The lowest BCUT2D eigenvalue weighted by atomic mass is 10.1. The number of hydrogen-bond acceptors (Lipinski definition) is 2. The number of nitrogens with two attached hydrogens (primary N) is 1. The number of rotatable bonds is 3. The van der Waals surface area contributed by atoms with Gasteiger partial charge in [0.15, 0.2) is 11.6 Å². The molecule has 2 aromatic carbocycles. The van der Waals surface area contributed by atoms with Gasteiger partial charge < -0.3 is 10.6 Å². The van der Waals surface area contributed by atoms with E-state index < -0.39 is 17.5 Å². The van der Waals surface area contributed by atoms with Crippen LogP contribution >= 0.6 is 0 Å². The van der Waals surface area contributed by atoms with E-state index in [-0.39, 0.29) is 11.3 Å². The van der Waals surface area contributed by atoms with Gasteiger partial charge in [-0.1, -0.05) is 29.8 Å². The summed E-state index contributed by atoms with van der Waals surface area (Å²) in [5.41, 5.74) is 7.52. The van der Waals surface area contributed by atoms with E-state index >= 15 is 0 Å². The number of nitrogen functional groups attached to an aromatic ring is 1. The van der Waals surface area contributed by atoms with Crippen LogP contribution < -0.4 is 5.73 Å². The van der Waals surface area contributed by atoms with Crippen molar-refractivity contribution in [2.75, 3.05) is 12.8 Å². The minimum absolute atomic E-state index is 0.0379. The Hall–Kier alpha value is -2.43. The zero-order valence-electron chi connectivity index (χ0n) is 11.9. The van der Waals surface area contributed by atoms with Gasteiger partial charge in [-0.05, 0) is 18.6 Å². The first-order chi connectivity index (χ1) is 9.88. The highest BCUT2D eigenvalue weighted by Gasteiger charge is 2.18. The van der Waals surface area contributed by atoms with Crippen molar-refractivity contribution in [3.8, 4) is 0 Å². The summed E-state index contributed by atoms with van der Waals surface area (Å²) in [6.45, 7) is 2.32. The predicted octanol–water partition coefficient (Wildman–Crippen LogP) is 3.13. The van der Waals surface area contributed by atoms with Gasteiger partial charge in [-0.15, -0.1) is 0 Å². The first kappa shape index (κ1) is 15.0. The normalized spacial score (nSPS) is 10.5. The average Bonchev–Trinajstić information content (AvgIpc) is 2.42. The molecule has 0 radical (unpaired) electrons. The van der Waals surface area contributed by atoms with Crippen molar-refractivity contribution in [2.45, 2.75) is 13.5 Å². The van der Waals surface area contributed by atoms with Crippen LogP contribution in [0.4, 0.5) is 14.5 Å². The Bertz CT molecular complexity index is 686. The maximum Gasteiger partial charge on any atom is 0.256 e. The number of carbonyl (C=O) groups is 1. The summed E-state index contributed by atoms with van der Waals surface area (Å²) < 4.78 is 26.3. The summed E-state index contributed by atoms with van der Waals surface area (Å²) in [6, 6.07) is 9.36. The van der Waals surface area contributed by atoms with Gasteiger partial charge in [-0.3, -0.25) is 4.79 Å². The van der Waals surface area contributed by atoms with Crippen LogP contribution in [0.15, 0.2) is 36.4 Å². The topological polar surface area (TPSA) is 46.3 Å². The molecule has 0 aliphatic carbocycles. The fraction of sp³-hybridized carbons (Fsp3) is 0.188. The highest BCUT2D eigenvalue weighted by molar-refractivity contribution is 5.99. The van der Waals surface area contributed by atoms with E-state index in [0.29, 0.717) is 6.54 Å². The number of halogens is 2. The summed E-state index contributed by atoms with van der Waals surface area (Å²) in [5, 5.41) is 0. The van der Waals surface area contributed by atoms with Crippen molar-refractivity contribution >= 4 is 11.6 Å². The second-order valence-electron chi connectivity index (χ2n) is 5.00. The van der Waals surface area contributed by atoms with Crippen LogP contribution in [0.3, 0.4) is 0 Å². The zero-order chi connectivity index (χ0) is 15.6. The fourth-order valence-electron chi connectivity index (χ4n) is 2.11. The highest BCUT2D eigenvalue weighted by Crippen LogP contribution is 2.19. The molecule has 0 bridgehead atoms. The summed E-state index contributed by atoms with van der Waals surface area (Å²) in [7, 11) is 1.59. The maximum absolute atomic E-state index is 13.3. The van der Waals surface area contributed by atoms with Crippen molar-refractivity contribution in [1.29, 1.82) is 0 Å². The Labute approximate surface area is 122 Å². The average molecular weight is 290 g/mol. The van der Waals surface area contributed by atoms with E-state index in [9.17, 15) is 13.6 Å². The van der Waals surface area contributed by atoms with E-state index in [4.69, 9.17) is 5.73 Å². The van der Waals surface area contributed by atoms with Gasteiger partial charge in [0.25, 0.3) is 5.91 Å². The van der Waals surface area contributed by atoms with Crippen LogP contribution in [0.1, 0.15) is 21.5 Å². The number of hydrogen-bond donors (Lipinski definition) is 1. The van der Waals surface area contributed by atoms with E-state index in [1.807, 2.05) is 31.2 Å². The molecule has 0 aromatic heterocycles. The van der Waals surface area contributed by atoms with E-state index in [1.165, 1.54) is 4.90 Å². The largest absolute Gasteiger partial charge is 0.398 e. The summed E-state index contributed by atoms with van der Waals surface area (Å²) in [6.07, 6.45) is 0. The number of anilines is 1. The Kier molecular flexibility index (Phi) is 4.21. The van der Waals surface area contributed by atoms with Gasteiger partial charge in [0, 0.05) is 25.3 Å². The lowest BCUT2D eigenvalue weighted by molar-refractivity contribution is 0.0785. The highest BCUT2D eigenvalue weighted by atomic mass is 19.2. The molecule has 2 rings (SSSR count). The Balaban J connectivity index is 2.22. The standard InChI is InChI=1S/C16H16F2N2O/c1-10-4-3-5-11(6-10)9-20(2)16(21)12-7-13(17)14(18)8-15(12)19/h3-8H,9,19H2,1-2H3. The molecule has 0 fully saturated rings. The molecule has 0 heterocycles. The van der Waals surface area contributed by atoms with E-state index in [2.05, 4.69) is 0 Å². The molecule has 0 unspecified atom stereocenters. The lowest BCUT2D eigenvalue weighted by Crippen LogP contribution is -2.27. The Morgan fingerprint density at radius 3 is 2.52 bits per heavy atom. The minimum atomic E-state index is -1.09. The maximum atomic E-state index is 13.3. The van der Waals surface area contributed by atoms with Crippen molar-refractivity contribution in [3.05, 3.63) is 64.7 Å². The van der Waals surface area contributed by atoms with Crippen molar-refractivity contribution in [1.82, 2.24) is 4.90 Å². The summed E-state index contributed by atoms with van der Waals surface area (Å²) in [4.78, 5) is 13.7. The van der Waals surface area contributed by atoms with Crippen LogP contribution in [-0.4, -0.2) is 17.9 Å². The van der Waals surface area contributed by atoms with Crippen molar-refractivity contribution in [3.63, 3.8) is 0 Å². The molecule has 110 valence electrons. The number of benzene rings is 2. The number of carbonyl (C=O) groups excluding carboxylic acids is 1. The predicted molar refractivity (Wildman–Crippen MR) is 77.7 cm³/mol. The van der Waals surface area contributed by atoms with Crippen molar-refractivity contribution < 1.29 is 13.6 Å². The number of amides is 1. The first-order valence-electron chi connectivity index (χ1n) is 6.44. The molecule has 0 saturated heterocycles. The Morgan fingerprint density at radius 2 is 1.86 bits per heavy atom. The third-order valence-corrected chi connectivity index (χ3v) is 3.17. The molecule has 1 amide bonds. The molecule has 0 aliphatic heterocycles. The van der Waals surface area contributed by atoms with Gasteiger partial charge in [0.05, 0.1) is 5.56 Å². The van der Waals surface area contributed by atoms with E-state index in [1.54, 1.807) is 7.05 Å².